The van der Waals surface area contributed by atoms with E-state index in [1.54, 1.807) is 29.2 Å². The monoisotopic (exact) mass is 408 g/mol. The Morgan fingerprint density at radius 3 is 2.24 bits per heavy atom. The van der Waals surface area contributed by atoms with Crippen LogP contribution in [0, 0.1) is 5.92 Å². The highest BCUT2D eigenvalue weighted by atomic mass is 19.4. The molecule has 156 valence electrons. The fraction of sp³-hybridized carbons (Fsp3) is 0.429. The number of piperazine rings is 1. The Kier molecular flexibility index (Phi) is 6.30. The van der Waals surface area contributed by atoms with Crippen LogP contribution in [0.4, 0.5) is 19.0 Å². The molecule has 1 amide bonds. The van der Waals surface area contributed by atoms with Crippen molar-refractivity contribution in [1.82, 2.24) is 4.90 Å². The van der Waals surface area contributed by atoms with Gasteiger partial charge in [0.1, 0.15) is 25.0 Å². The summed E-state index contributed by atoms with van der Waals surface area (Å²) in [4.78, 5) is 19.1. The quantitative estimate of drug-likeness (QED) is 0.761. The van der Waals surface area contributed by atoms with E-state index in [1.165, 1.54) is 6.07 Å². The third-order valence-corrected chi connectivity index (χ3v) is 4.72. The molecule has 0 spiro atoms. The van der Waals surface area contributed by atoms with Gasteiger partial charge in [0.05, 0.1) is 25.3 Å². The molecule has 0 bridgehead atoms. The Labute approximate surface area is 168 Å². The predicted molar refractivity (Wildman–Crippen MR) is 103 cm³/mol. The fourth-order valence-corrected chi connectivity index (χ4v) is 3.08. The Morgan fingerprint density at radius 1 is 1.07 bits per heavy atom. The number of rotatable bonds is 5. The third-order valence-electron chi connectivity index (χ3n) is 4.72. The van der Waals surface area contributed by atoms with Gasteiger partial charge in [0.25, 0.3) is 11.7 Å². The van der Waals surface area contributed by atoms with E-state index in [2.05, 4.69) is 18.8 Å². The summed E-state index contributed by atoms with van der Waals surface area (Å²) in [5.74, 6) is 1.71. The Balaban J connectivity index is 1.55. The summed E-state index contributed by atoms with van der Waals surface area (Å²) in [6.45, 7) is 6.85. The number of alkyl halides is 3. The SMILES string of the molecule is CC(C)COc1ccc(C(=O)N2CCN(c3ccc(C(F)(F)F)c[nH+]3)CC2)cc1. The van der Waals surface area contributed by atoms with Gasteiger partial charge in [-0.2, -0.15) is 13.2 Å². The highest BCUT2D eigenvalue weighted by Gasteiger charge is 2.33. The van der Waals surface area contributed by atoms with Crippen LogP contribution in [0.5, 0.6) is 5.75 Å². The number of nitrogens with zero attached hydrogens (tertiary/aromatic N) is 2. The summed E-state index contributed by atoms with van der Waals surface area (Å²) in [7, 11) is 0. The number of nitrogens with one attached hydrogen (secondary N) is 1. The van der Waals surface area contributed by atoms with E-state index in [1.807, 2.05) is 4.90 Å². The molecule has 1 aliphatic rings. The number of ether oxygens (including phenoxy) is 1. The van der Waals surface area contributed by atoms with Crippen molar-refractivity contribution in [3.8, 4) is 5.75 Å². The molecule has 8 heteroatoms. The maximum atomic E-state index is 12.7. The molecule has 0 unspecified atom stereocenters. The van der Waals surface area contributed by atoms with Crippen LogP contribution in [0.25, 0.3) is 0 Å². The maximum Gasteiger partial charge on any atom is 0.419 e. The number of H-pyrrole nitrogens is 1. The van der Waals surface area contributed by atoms with Gasteiger partial charge in [-0.25, -0.2) is 4.98 Å². The average Bonchev–Trinajstić information content (AvgIpc) is 2.72. The number of halogens is 3. The van der Waals surface area contributed by atoms with E-state index in [0.29, 0.717) is 50.1 Å². The Hall–Kier alpha value is -2.77. The molecule has 0 aliphatic carbocycles. The molecule has 1 aromatic carbocycles. The van der Waals surface area contributed by atoms with E-state index in [9.17, 15) is 18.0 Å². The minimum atomic E-state index is -4.37. The average molecular weight is 408 g/mol. The molecule has 1 fully saturated rings. The minimum Gasteiger partial charge on any atom is -0.493 e. The predicted octanol–water partition coefficient (Wildman–Crippen LogP) is 3.52. The molecule has 2 heterocycles. The van der Waals surface area contributed by atoms with Crippen molar-refractivity contribution in [2.24, 2.45) is 5.92 Å². The van der Waals surface area contributed by atoms with Crippen molar-refractivity contribution >= 4 is 11.7 Å². The molecule has 5 nitrogen and oxygen atoms in total. The number of aromatic amines is 1. The first-order valence-corrected chi connectivity index (χ1v) is 9.60. The lowest BCUT2D eigenvalue weighted by molar-refractivity contribution is -0.367. The zero-order chi connectivity index (χ0) is 21.0. The number of aromatic nitrogens is 1. The molecule has 1 N–H and O–H groups in total. The van der Waals surface area contributed by atoms with Gasteiger partial charge in [0.15, 0.2) is 0 Å². The van der Waals surface area contributed by atoms with Gasteiger partial charge in [0, 0.05) is 11.6 Å². The Morgan fingerprint density at radius 2 is 1.72 bits per heavy atom. The largest absolute Gasteiger partial charge is 0.493 e. The summed E-state index contributed by atoms with van der Waals surface area (Å²) in [5.41, 5.74) is -0.118. The van der Waals surface area contributed by atoms with E-state index in [4.69, 9.17) is 4.74 Å². The van der Waals surface area contributed by atoms with Gasteiger partial charge in [0.2, 0.25) is 0 Å². The van der Waals surface area contributed by atoms with E-state index in [-0.39, 0.29) is 5.91 Å². The number of carbonyl (C=O) groups excluding carboxylic acids is 1. The number of pyridine rings is 1. The van der Waals surface area contributed by atoms with Gasteiger partial charge in [-0.3, -0.25) is 9.69 Å². The summed E-state index contributed by atoms with van der Waals surface area (Å²) in [6, 6.07) is 9.59. The van der Waals surface area contributed by atoms with Crippen molar-refractivity contribution in [3.05, 3.63) is 53.7 Å². The van der Waals surface area contributed by atoms with Crippen LogP contribution in [0.2, 0.25) is 0 Å². The zero-order valence-corrected chi connectivity index (χ0v) is 16.5. The summed E-state index contributed by atoms with van der Waals surface area (Å²) in [5, 5.41) is 0. The fourth-order valence-electron chi connectivity index (χ4n) is 3.08. The number of anilines is 1. The third kappa shape index (κ3) is 5.40. The van der Waals surface area contributed by atoms with Crippen molar-refractivity contribution in [2.75, 3.05) is 37.7 Å². The first-order chi connectivity index (χ1) is 13.7. The highest BCUT2D eigenvalue weighted by Crippen LogP contribution is 2.28. The van der Waals surface area contributed by atoms with Gasteiger partial charge in [-0.05, 0) is 36.2 Å². The van der Waals surface area contributed by atoms with Crippen LogP contribution in [0.15, 0.2) is 42.6 Å². The number of carbonyl (C=O) groups is 1. The van der Waals surface area contributed by atoms with E-state index >= 15 is 0 Å². The second kappa shape index (κ2) is 8.71. The second-order valence-corrected chi connectivity index (χ2v) is 7.47. The molecule has 0 atom stereocenters. The number of benzene rings is 1. The van der Waals surface area contributed by atoms with E-state index in [0.717, 1.165) is 18.0 Å². The topological polar surface area (TPSA) is 46.9 Å². The van der Waals surface area contributed by atoms with Crippen molar-refractivity contribution in [3.63, 3.8) is 0 Å². The van der Waals surface area contributed by atoms with Gasteiger partial charge in [-0.1, -0.05) is 13.8 Å². The molecule has 3 rings (SSSR count). The smallest absolute Gasteiger partial charge is 0.419 e. The van der Waals surface area contributed by atoms with Gasteiger partial charge in [-0.15, -0.1) is 0 Å². The molecule has 0 radical (unpaired) electrons. The normalized spacial score (nSPS) is 15.0. The molecule has 0 saturated carbocycles. The molecule has 2 aromatic rings. The van der Waals surface area contributed by atoms with Crippen LogP contribution < -0.4 is 14.6 Å². The number of hydrogen-bond acceptors (Lipinski definition) is 3. The summed E-state index contributed by atoms with van der Waals surface area (Å²) < 4.78 is 43.7. The van der Waals surface area contributed by atoms with Crippen LogP contribution in [-0.2, 0) is 6.18 Å². The second-order valence-electron chi connectivity index (χ2n) is 7.47. The van der Waals surface area contributed by atoms with Gasteiger partial charge >= 0.3 is 6.18 Å². The Bertz CT molecular complexity index is 813. The van der Waals surface area contributed by atoms with Crippen molar-refractivity contribution in [1.29, 1.82) is 0 Å². The molecule has 29 heavy (non-hydrogen) atoms. The maximum absolute atomic E-state index is 12.7. The zero-order valence-electron chi connectivity index (χ0n) is 16.5. The van der Waals surface area contributed by atoms with Crippen LogP contribution >= 0.6 is 0 Å². The number of amides is 1. The van der Waals surface area contributed by atoms with Crippen LogP contribution in [0.3, 0.4) is 0 Å². The van der Waals surface area contributed by atoms with Crippen molar-refractivity contribution < 1.29 is 27.7 Å². The molecule has 1 saturated heterocycles. The highest BCUT2D eigenvalue weighted by molar-refractivity contribution is 5.94. The molecule has 1 aromatic heterocycles. The lowest BCUT2D eigenvalue weighted by Crippen LogP contribution is -2.50. The minimum absolute atomic E-state index is 0.0588. The van der Waals surface area contributed by atoms with Crippen LogP contribution in [0.1, 0.15) is 29.8 Å². The molecular formula is C21H25F3N3O2+. The first-order valence-electron chi connectivity index (χ1n) is 9.60. The van der Waals surface area contributed by atoms with Gasteiger partial charge < -0.3 is 9.64 Å². The summed E-state index contributed by atoms with van der Waals surface area (Å²) in [6.07, 6.45) is -3.40. The van der Waals surface area contributed by atoms with E-state index < -0.39 is 11.7 Å². The standard InChI is InChI=1S/C21H24F3N3O2/c1-15(2)14-29-18-6-3-16(4-7-18)20(28)27-11-9-26(10-12-27)19-8-5-17(13-25-19)21(22,23)24/h3-8,13,15H,9-12,14H2,1-2H3/p+1. The number of hydrogen-bond donors (Lipinski definition) is 0. The lowest BCUT2D eigenvalue weighted by Gasteiger charge is -2.31. The van der Waals surface area contributed by atoms with Crippen molar-refractivity contribution in [2.45, 2.75) is 20.0 Å². The lowest BCUT2D eigenvalue weighted by atomic mass is 10.1. The summed E-state index contributed by atoms with van der Waals surface area (Å²) >= 11 is 0. The van der Waals surface area contributed by atoms with Crippen LogP contribution in [-0.4, -0.2) is 43.6 Å². The molecule has 1 aliphatic heterocycles. The molecular weight excluding hydrogens is 383 g/mol. The first kappa shape index (κ1) is 21.0.